The molecular weight excluding hydrogens is 332 g/mol. The molecule has 0 saturated heterocycles. The highest BCUT2D eigenvalue weighted by molar-refractivity contribution is 5.92. The third-order valence-electron chi connectivity index (χ3n) is 3.61. The third kappa shape index (κ3) is 4.29. The van der Waals surface area contributed by atoms with Crippen LogP contribution in [0, 0.1) is 0 Å². The molecule has 26 heavy (non-hydrogen) atoms. The second-order valence-corrected chi connectivity index (χ2v) is 5.52. The fourth-order valence-electron chi connectivity index (χ4n) is 2.20. The summed E-state index contributed by atoms with van der Waals surface area (Å²) in [5, 5.41) is 5.52. The quantitative estimate of drug-likeness (QED) is 0.707. The summed E-state index contributed by atoms with van der Waals surface area (Å²) in [5.74, 6) is 0.243. The number of nitrogens with one attached hydrogen (secondary N) is 2. The van der Waals surface area contributed by atoms with Gasteiger partial charge in [-0.1, -0.05) is 13.0 Å². The number of pyridine rings is 2. The Morgan fingerprint density at radius 2 is 2.04 bits per heavy atom. The Morgan fingerprint density at radius 3 is 2.73 bits per heavy atom. The van der Waals surface area contributed by atoms with Gasteiger partial charge in [-0.2, -0.15) is 0 Å². The first-order valence-corrected chi connectivity index (χ1v) is 8.13. The molecule has 0 aliphatic carbocycles. The molecule has 3 rings (SSSR count). The van der Waals surface area contributed by atoms with E-state index in [0.29, 0.717) is 30.2 Å². The maximum atomic E-state index is 12.2. The Balaban J connectivity index is 1.63. The maximum absolute atomic E-state index is 12.2. The van der Waals surface area contributed by atoms with E-state index in [1.54, 1.807) is 48.4 Å². The minimum atomic E-state index is -0.278. The van der Waals surface area contributed by atoms with Crippen LogP contribution in [0.5, 0.6) is 0 Å². The van der Waals surface area contributed by atoms with Gasteiger partial charge in [0, 0.05) is 31.6 Å². The number of nitrogens with zero attached hydrogens (tertiary/aromatic N) is 4. The fraction of sp³-hybridized carbons (Fsp3) is 0.167. The van der Waals surface area contributed by atoms with Gasteiger partial charge in [0.05, 0.1) is 11.9 Å². The van der Waals surface area contributed by atoms with Crippen LogP contribution in [-0.2, 0) is 11.3 Å². The van der Waals surface area contributed by atoms with Crippen molar-refractivity contribution in [2.45, 2.75) is 19.9 Å². The number of hydrogen-bond acceptors (Lipinski definition) is 5. The lowest BCUT2D eigenvalue weighted by molar-refractivity contribution is -0.115. The molecule has 2 amide bonds. The smallest absolute Gasteiger partial charge is 0.271 e. The van der Waals surface area contributed by atoms with Gasteiger partial charge >= 0.3 is 0 Å². The Hall–Kier alpha value is -3.55. The Kier molecular flexibility index (Phi) is 5.33. The molecule has 0 aliphatic rings. The van der Waals surface area contributed by atoms with Crippen molar-refractivity contribution < 1.29 is 9.59 Å². The summed E-state index contributed by atoms with van der Waals surface area (Å²) in [4.78, 5) is 36.0. The molecule has 0 atom stereocenters. The third-order valence-corrected chi connectivity index (χ3v) is 3.61. The molecule has 0 spiro atoms. The van der Waals surface area contributed by atoms with E-state index in [1.807, 2.05) is 12.1 Å². The molecule has 0 fully saturated rings. The van der Waals surface area contributed by atoms with E-state index in [4.69, 9.17) is 0 Å². The standard InChI is InChI=1S/C18H18N6O2/c1-2-17(25)23-14-5-6-16(20-10-14)24-11-15(22-12-24)18(26)21-9-13-4-3-7-19-8-13/h3-8,10-12H,2,9H2,1H3,(H,21,26)(H,23,25). The predicted octanol–water partition coefficient (Wildman–Crippen LogP) is 1.94. The fourth-order valence-corrected chi connectivity index (χ4v) is 2.20. The van der Waals surface area contributed by atoms with Crippen molar-refractivity contribution >= 4 is 17.5 Å². The first-order chi connectivity index (χ1) is 12.7. The van der Waals surface area contributed by atoms with Crippen molar-refractivity contribution in [1.82, 2.24) is 24.8 Å². The highest BCUT2D eigenvalue weighted by atomic mass is 16.2. The Labute approximate surface area is 150 Å². The van der Waals surface area contributed by atoms with Crippen LogP contribution in [-0.4, -0.2) is 31.3 Å². The number of carbonyl (C=O) groups excluding carboxylic acids is 2. The number of anilines is 1. The molecule has 0 aromatic carbocycles. The molecule has 8 nitrogen and oxygen atoms in total. The van der Waals surface area contributed by atoms with E-state index >= 15 is 0 Å². The zero-order valence-corrected chi connectivity index (χ0v) is 14.2. The molecule has 8 heteroatoms. The SMILES string of the molecule is CCC(=O)Nc1ccc(-n2cnc(C(=O)NCc3cccnc3)c2)nc1. The topological polar surface area (TPSA) is 102 Å². The molecule has 2 N–H and O–H groups in total. The minimum Gasteiger partial charge on any atom is -0.347 e. The number of hydrogen-bond donors (Lipinski definition) is 2. The molecule has 0 unspecified atom stereocenters. The van der Waals surface area contributed by atoms with Gasteiger partial charge in [-0.3, -0.25) is 19.1 Å². The van der Waals surface area contributed by atoms with Crippen LogP contribution < -0.4 is 10.6 Å². The average Bonchev–Trinajstić information content (AvgIpc) is 3.17. The van der Waals surface area contributed by atoms with Crippen LogP contribution in [0.4, 0.5) is 5.69 Å². The minimum absolute atomic E-state index is 0.0743. The first-order valence-electron chi connectivity index (χ1n) is 8.13. The summed E-state index contributed by atoms with van der Waals surface area (Å²) in [6, 6.07) is 7.19. The Bertz CT molecular complexity index is 890. The monoisotopic (exact) mass is 350 g/mol. The second-order valence-electron chi connectivity index (χ2n) is 5.52. The van der Waals surface area contributed by atoms with Gasteiger partial charge in [0.1, 0.15) is 17.8 Å². The number of carbonyl (C=O) groups is 2. The molecule has 132 valence electrons. The number of amides is 2. The molecule has 0 aliphatic heterocycles. The highest BCUT2D eigenvalue weighted by Crippen LogP contribution is 2.11. The highest BCUT2D eigenvalue weighted by Gasteiger charge is 2.10. The number of rotatable bonds is 6. The molecule has 3 heterocycles. The van der Waals surface area contributed by atoms with Gasteiger partial charge in [-0.05, 0) is 23.8 Å². The van der Waals surface area contributed by atoms with Gasteiger partial charge in [0.25, 0.3) is 5.91 Å². The molecule has 3 aromatic heterocycles. The molecule has 3 aromatic rings. The summed E-state index contributed by atoms with van der Waals surface area (Å²) in [5.41, 5.74) is 1.82. The van der Waals surface area contributed by atoms with Gasteiger partial charge in [0.15, 0.2) is 0 Å². The summed E-state index contributed by atoms with van der Waals surface area (Å²) in [7, 11) is 0. The predicted molar refractivity (Wildman–Crippen MR) is 95.7 cm³/mol. The van der Waals surface area contributed by atoms with Gasteiger partial charge in [-0.15, -0.1) is 0 Å². The van der Waals surface area contributed by atoms with Crippen molar-refractivity contribution in [2.75, 3.05) is 5.32 Å². The van der Waals surface area contributed by atoms with Crippen molar-refractivity contribution in [2.24, 2.45) is 0 Å². The van der Waals surface area contributed by atoms with E-state index in [1.165, 1.54) is 6.33 Å². The van der Waals surface area contributed by atoms with E-state index in [-0.39, 0.29) is 11.8 Å². The maximum Gasteiger partial charge on any atom is 0.271 e. The lowest BCUT2D eigenvalue weighted by Crippen LogP contribution is -2.23. The summed E-state index contributed by atoms with van der Waals surface area (Å²) in [6.45, 7) is 2.16. The molecule has 0 bridgehead atoms. The summed E-state index contributed by atoms with van der Waals surface area (Å²) < 4.78 is 1.64. The molecule has 0 radical (unpaired) electrons. The van der Waals surface area contributed by atoms with Gasteiger partial charge in [-0.25, -0.2) is 9.97 Å². The van der Waals surface area contributed by atoms with E-state index in [0.717, 1.165) is 5.56 Å². The van der Waals surface area contributed by atoms with Crippen LogP contribution >= 0.6 is 0 Å². The van der Waals surface area contributed by atoms with Crippen molar-refractivity contribution in [3.05, 3.63) is 66.6 Å². The van der Waals surface area contributed by atoms with Crippen LogP contribution in [0.15, 0.2) is 55.4 Å². The van der Waals surface area contributed by atoms with E-state index in [2.05, 4.69) is 25.6 Å². The lowest BCUT2D eigenvalue weighted by atomic mass is 10.3. The number of imidazole rings is 1. The largest absolute Gasteiger partial charge is 0.347 e. The van der Waals surface area contributed by atoms with E-state index in [9.17, 15) is 9.59 Å². The second kappa shape index (κ2) is 8.02. The van der Waals surface area contributed by atoms with Crippen LogP contribution in [0.3, 0.4) is 0 Å². The van der Waals surface area contributed by atoms with Crippen molar-refractivity contribution in [3.63, 3.8) is 0 Å². The van der Waals surface area contributed by atoms with Crippen LogP contribution in [0.2, 0.25) is 0 Å². The van der Waals surface area contributed by atoms with Crippen molar-refractivity contribution in [3.8, 4) is 5.82 Å². The first kappa shape index (κ1) is 17.3. The number of aromatic nitrogens is 4. The molecule has 0 saturated carbocycles. The zero-order valence-electron chi connectivity index (χ0n) is 14.2. The Morgan fingerprint density at radius 1 is 1.15 bits per heavy atom. The van der Waals surface area contributed by atoms with Crippen molar-refractivity contribution in [1.29, 1.82) is 0 Å². The average molecular weight is 350 g/mol. The van der Waals surface area contributed by atoms with Crippen LogP contribution in [0.25, 0.3) is 5.82 Å². The molecular formula is C18H18N6O2. The lowest BCUT2D eigenvalue weighted by Gasteiger charge is -2.05. The summed E-state index contributed by atoms with van der Waals surface area (Å²) >= 11 is 0. The summed E-state index contributed by atoms with van der Waals surface area (Å²) in [6.07, 6.45) is 8.46. The van der Waals surface area contributed by atoms with Gasteiger partial charge < -0.3 is 10.6 Å². The van der Waals surface area contributed by atoms with Crippen LogP contribution in [0.1, 0.15) is 29.4 Å². The van der Waals surface area contributed by atoms with Gasteiger partial charge in [0.2, 0.25) is 5.91 Å². The zero-order chi connectivity index (χ0) is 18.4. The van der Waals surface area contributed by atoms with E-state index < -0.39 is 0 Å². The normalized spacial score (nSPS) is 10.3.